The summed E-state index contributed by atoms with van der Waals surface area (Å²) in [6.45, 7) is 4.96. The van der Waals surface area contributed by atoms with E-state index in [1.807, 2.05) is 37.5 Å². The predicted molar refractivity (Wildman–Crippen MR) is 73.8 cm³/mol. The van der Waals surface area contributed by atoms with Gasteiger partial charge in [0.05, 0.1) is 24.8 Å². The van der Waals surface area contributed by atoms with Crippen LogP contribution < -0.4 is 4.74 Å². The molecule has 0 spiro atoms. The Balaban J connectivity index is 3.04. The summed E-state index contributed by atoms with van der Waals surface area (Å²) in [5, 5.41) is 0.896. The van der Waals surface area contributed by atoms with Gasteiger partial charge in [0, 0.05) is 19.7 Å². The number of rotatable bonds is 5. The maximum atomic E-state index is 5.29. The third-order valence-corrected chi connectivity index (χ3v) is 3.10. The molecule has 1 heterocycles. The first-order chi connectivity index (χ1) is 8.12. The van der Waals surface area contributed by atoms with E-state index in [4.69, 9.17) is 4.74 Å². The van der Waals surface area contributed by atoms with Crippen molar-refractivity contribution in [2.45, 2.75) is 18.9 Å². The van der Waals surface area contributed by atoms with Gasteiger partial charge in [-0.2, -0.15) is 0 Å². The minimum absolute atomic E-state index is 0.773. The molecular formula is C12H19N3OS. The highest BCUT2D eigenvalue weighted by Crippen LogP contribution is 2.31. The molecule has 0 saturated carbocycles. The topological polar surface area (TPSA) is 37.7 Å². The van der Waals surface area contributed by atoms with Crippen molar-refractivity contribution in [3.05, 3.63) is 11.8 Å². The highest BCUT2D eigenvalue weighted by molar-refractivity contribution is 7.98. The van der Waals surface area contributed by atoms with Crippen LogP contribution in [0.15, 0.2) is 16.1 Å². The Morgan fingerprint density at radius 2 is 2.29 bits per heavy atom. The maximum Gasteiger partial charge on any atom is 0.153 e. The molecule has 1 rings (SSSR count). The molecule has 0 radical (unpaired) electrons. The number of aromatic nitrogens is 1. The van der Waals surface area contributed by atoms with Crippen molar-refractivity contribution in [1.82, 2.24) is 9.88 Å². The number of pyridine rings is 1. The first kappa shape index (κ1) is 13.8. The zero-order valence-electron chi connectivity index (χ0n) is 11.0. The normalized spacial score (nSPS) is 10.9. The number of aryl methyl sites for hydroxylation is 1. The summed E-state index contributed by atoms with van der Waals surface area (Å²) in [7, 11) is 3.64. The zero-order valence-corrected chi connectivity index (χ0v) is 11.8. The van der Waals surface area contributed by atoms with Crippen molar-refractivity contribution in [2.75, 3.05) is 27.0 Å². The first-order valence-electron chi connectivity index (χ1n) is 5.46. The van der Waals surface area contributed by atoms with Crippen LogP contribution in [-0.4, -0.2) is 43.2 Å². The molecular weight excluding hydrogens is 234 g/mol. The molecule has 0 atom stereocenters. The largest absolute Gasteiger partial charge is 0.494 e. The quantitative estimate of drug-likeness (QED) is 0.459. The monoisotopic (exact) mass is 253 g/mol. The van der Waals surface area contributed by atoms with E-state index in [1.54, 1.807) is 18.9 Å². The minimum atomic E-state index is 0.773. The van der Waals surface area contributed by atoms with E-state index in [-0.39, 0.29) is 0 Å². The van der Waals surface area contributed by atoms with E-state index in [0.29, 0.717) is 0 Å². The van der Waals surface area contributed by atoms with Crippen molar-refractivity contribution in [1.29, 1.82) is 0 Å². The Kier molecular flexibility index (Phi) is 5.28. The highest BCUT2D eigenvalue weighted by atomic mass is 32.2. The van der Waals surface area contributed by atoms with Crippen LogP contribution in [0.1, 0.15) is 12.6 Å². The third kappa shape index (κ3) is 3.63. The average Bonchev–Trinajstić information content (AvgIpc) is 2.36. The number of ether oxygens (including phenoxy) is 1. The van der Waals surface area contributed by atoms with E-state index in [2.05, 4.69) is 16.9 Å². The molecule has 1 aromatic rings. The molecule has 0 aliphatic heterocycles. The number of nitrogens with zero attached hydrogens (tertiary/aromatic N) is 3. The summed E-state index contributed by atoms with van der Waals surface area (Å²) in [5.74, 6) is 0.773. The lowest BCUT2D eigenvalue weighted by molar-refractivity contribution is 0.400. The smallest absolute Gasteiger partial charge is 0.153 e. The summed E-state index contributed by atoms with van der Waals surface area (Å²) >= 11 is 1.57. The van der Waals surface area contributed by atoms with Crippen LogP contribution in [0.3, 0.4) is 0 Å². The van der Waals surface area contributed by atoms with Gasteiger partial charge >= 0.3 is 0 Å². The molecule has 0 fully saturated rings. The van der Waals surface area contributed by atoms with Gasteiger partial charge in [-0.25, -0.2) is 9.98 Å². The second-order valence-corrected chi connectivity index (χ2v) is 4.42. The highest BCUT2D eigenvalue weighted by Gasteiger charge is 2.08. The van der Waals surface area contributed by atoms with E-state index in [9.17, 15) is 0 Å². The SMILES string of the molecule is CCN(C)/C=N/c1cc(OC)c(SC)nc1C. The second-order valence-electron chi connectivity index (χ2n) is 3.62. The van der Waals surface area contributed by atoms with Gasteiger partial charge in [-0.3, -0.25) is 0 Å². The predicted octanol–water partition coefficient (Wildman–Crippen LogP) is 2.73. The molecule has 0 aliphatic carbocycles. The van der Waals surface area contributed by atoms with Crippen LogP contribution in [-0.2, 0) is 0 Å². The fourth-order valence-corrected chi connectivity index (χ4v) is 1.79. The molecule has 0 saturated heterocycles. The van der Waals surface area contributed by atoms with E-state index < -0.39 is 0 Å². The Hall–Kier alpha value is -1.23. The summed E-state index contributed by atoms with van der Waals surface area (Å²) in [5.41, 5.74) is 1.76. The van der Waals surface area contributed by atoms with Crippen LogP contribution in [0.25, 0.3) is 0 Å². The van der Waals surface area contributed by atoms with Crippen LogP contribution in [0.4, 0.5) is 5.69 Å². The lowest BCUT2D eigenvalue weighted by Gasteiger charge is -2.11. The molecule has 0 aliphatic rings. The molecule has 1 aromatic heterocycles. The van der Waals surface area contributed by atoms with Gasteiger partial charge in [-0.05, 0) is 20.1 Å². The maximum absolute atomic E-state index is 5.29. The summed E-state index contributed by atoms with van der Waals surface area (Å²) in [4.78, 5) is 10.9. The molecule has 4 nitrogen and oxygen atoms in total. The van der Waals surface area contributed by atoms with Gasteiger partial charge in [0.15, 0.2) is 5.75 Å². The summed E-state index contributed by atoms with van der Waals surface area (Å²) in [6.07, 6.45) is 3.79. The summed E-state index contributed by atoms with van der Waals surface area (Å²) in [6, 6.07) is 1.92. The fraction of sp³-hybridized carbons (Fsp3) is 0.500. The van der Waals surface area contributed by atoms with Gasteiger partial charge in [-0.15, -0.1) is 11.8 Å². The standard InChI is InChI=1S/C12H19N3OS/c1-6-15(3)8-13-10-7-11(16-4)12(17-5)14-9(10)2/h7-8H,6H2,1-5H3/b13-8+. The fourth-order valence-electron chi connectivity index (χ4n) is 1.22. The van der Waals surface area contributed by atoms with Crippen molar-refractivity contribution < 1.29 is 4.74 Å². The van der Waals surface area contributed by atoms with Gasteiger partial charge in [0.1, 0.15) is 5.03 Å². The van der Waals surface area contributed by atoms with Crippen LogP contribution in [0.5, 0.6) is 5.75 Å². The summed E-state index contributed by atoms with van der Waals surface area (Å²) < 4.78 is 5.29. The Morgan fingerprint density at radius 3 is 2.82 bits per heavy atom. The van der Waals surface area contributed by atoms with Gasteiger partial charge < -0.3 is 9.64 Å². The Morgan fingerprint density at radius 1 is 1.59 bits per heavy atom. The lowest BCUT2D eigenvalue weighted by Crippen LogP contribution is -2.14. The first-order valence-corrected chi connectivity index (χ1v) is 6.68. The van der Waals surface area contributed by atoms with Crippen molar-refractivity contribution in [2.24, 2.45) is 4.99 Å². The third-order valence-electron chi connectivity index (χ3n) is 2.42. The van der Waals surface area contributed by atoms with Crippen molar-refractivity contribution in [3.63, 3.8) is 0 Å². The zero-order chi connectivity index (χ0) is 12.8. The number of hydrogen-bond acceptors (Lipinski definition) is 4. The number of thioether (sulfide) groups is 1. The lowest BCUT2D eigenvalue weighted by atomic mass is 10.3. The van der Waals surface area contributed by atoms with Crippen LogP contribution in [0.2, 0.25) is 0 Å². The van der Waals surface area contributed by atoms with E-state index >= 15 is 0 Å². The van der Waals surface area contributed by atoms with Gasteiger partial charge in [0.2, 0.25) is 0 Å². The van der Waals surface area contributed by atoms with Crippen molar-refractivity contribution in [3.8, 4) is 5.75 Å². The van der Waals surface area contributed by atoms with Crippen molar-refractivity contribution >= 4 is 23.8 Å². The average molecular weight is 253 g/mol. The number of aliphatic imine (C=N–C) groups is 1. The molecule has 0 amide bonds. The second kappa shape index (κ2) is 6.49. The van der Waals surface area contributed by atoms with Crippen LogP contribution >= 0.6 is 11.8 Å². The minimum Gasteiger partial charge on any atom is -0.494 e. The molecule has 0 unspecified atom stereocenters. The van der Waals surface area contributed by atoms with Crippen LogP contribution in [0, 0.1) is 6.92 Å². The van der Waals surface area contributed by atoms with E-state index in [1.165, 1.54) is 0 Å². The molecule has 94 valence electrons. The molecule has 5 heteroatoms. The molecule has 17 heavy (non-hydrogen) atoms. The molecule has 0 aromatic carbocycles. The van der Waals surface area contributed by atoms with E-state index in [0.717, 1.165) is 28.7 Å². The van der Waals surface area contributed by atoms with Gasteiger partial charge in [-0.1, -0.05) is 0 Å². The number of methoxy groups -OCH3 is 1. The Labute approximate surface area is 107 Å². The molecule has 0 bridgehead atoms. The number of hydrogen-bond donors (Lipinski definition) is 0. The molecule has 0 N–H and O–H groups in total. The Bertz CT molecular complexity index is 407. The van der Waals surface area contributed by atoms with Gasteiger partial charge in [0.25, 0.3) is 0 Å².